The first-order valence-corrected chi connectivity index (χ1v) is 11.2. The van der Waals surface area contributed by atoms with E-state index in [0.717, 1.165) is 44.1 Å². The van der Waals surface area contributed by atoms with Crippen molar-refractivity contribution >= 4 is 23.0 Å². The second-order valence-electron chi connectivity index (χ2n) is 8.09. The highest BCUT2D eigenvalue weighted by Gasteiger charge is 2.26. The molecule has 1 saturated heterocycles. The van der Waals surface area contributed by atoms with Gasteiger partial charge in [0.2, 0.25) is 0 Å². The Labute approximate surface area is 194 Å². The van der Waals surface area contributed by atoms with Crippen LogP contribution in [0.2, 0.25) is 0 Å². The van der Waals surface area contributed by atoms with E-state index in [9.17, 15) is 14.9 Å². The zero-order valence-electron chi connectivity index (χ0n) is 18.8. The van der Waals surface area contributed by atoms with Crippen LogP contribution in [-0.4, -0.2) is 48.5 Å². The van der Waals surface area contributed by atoms with Crippen molar-refractivity contribution < 1.29 is 9.72 Å². The lowest BCUT2D eigenvalue weighted by Gasteiger charge is -2.37. The number of para-hydroxylation sites is 1. The highest BCUT2D eigenvalue weighted by atomic mass is 16.6. The van der Waals surface area contributed by atoms with E-state index in [1.54, 1.807) is 11.0 Å². The molecular formula is C26H28N4O3. The summed E-state index contributed by atoms with van der Waals surface area (Å²) in [4.78, 5) is 30.8. The third-order valence-corrected chi connectivity index (χ3v) is 6.01. The Morgan fingerprint density at radius 1 is 0.939 bits per heavy atom. The molecule has 0 aliphatic carbocycles. The topological polar surface area (TPSA) is 69.9 Å². The van der Waals surface area contributed by atoms with Crippen LogP contribution < -0.4 is 9.80 Å². The van der Waals surface area contributed by atoms with E-state index in [2.05, 4.69) is 21.9 Å². The minimum atomic E-state index is -0.447. The molecule has 0 saturated carbocycles. The molecule has 3 aromatic rings. The summed E-state index contributed by atoms with van der Waals surface area (Å²) in [7, 11) is 0. The lowest BCUT2D eigenvalue weighted by atomic mass is 10.1. The maximum Gasteiger partial charge on any atom is 0.270 e. The van der Waals surface area contributed by atoms with E-state index in [4.69, 9.17) is 0 Å². The number of amides is 1. The number of nitro benzene ring substituents is 1. The summed E-state index contributed by atoms with van der Waals surface area (Å²) in [6, 6.07) is 24.4. The van der Waals surface area contributed by atoms with Crippen molar-refractivity contribution in [2.45, 2.75) is 13.5 Å². The number of hydrogen-bond acceptors (Lipinski definition) is 5. The number of benzene rings is 3. The molecule has 0 bridgehead atoms. The molecule has 7 nitrogen and oxygen atoms in total. The summed E-state index contributed by atoms with van der Waals surface area (Å²) >= 11 is 0. The molecule has 33 heavy (non-hydrogen) atoms. The van der Waals surface area contributed by atoms with Crippen LogP contribution in [0, 0.1) is 10.1 Å². The van der Waals surface area contributed by atoms with Crippen LogP contribution in [0.4, 0.5) is 17.1 Å². The van der Waals surface area contributed by atoms with Gasteiger partial charge in [-0.1, -0.05) is 48.5 Å². The summed E-state index contributed by atoms with van der Waals surface area (Å²) in [5.74, 6) is -0.228. The highest BCUT2D eigenvalue weighted by molar-refractivity contribution is 6.10. The predicted molar refractivity (Wildman–Crippen MR) is 131 cm³/mol. The number of anilines is 2. The largest absolute Gasteiger partial charge is 0.368 e. The lowest BCUT2D eigenvalue weighted by Crippen LogP contribution is -2.46. The standard InChI is InChI=1S/C26H28N4O3/c1-2-29(22-11-7-4-8-12-22)26(31)24-19-23(30(32)33)13-14-25(24)28-17-15-27(16-18-28)20-21-9-5-3-6-10-21/h3-14,19H,2,15-18,20H2,1H3. The summed E-state index contributed by atoms with van der Waals surface area (Å²) in [6.07, 6.45) is 0. The fraction of sp³-hybridized carbons (Fsp3) is 0.269. The predicted octanol–water partition coefficient (Wildman–Crippen LogP) is 4.58. The Hall–Kier alpha value is -3.71. The Morgan fingerprint density at radius 2 is 1.58 bits per heavy atom. The summed E-state index contributed by atoms with van der Waals surface area (Å²) in [6.45, 7) is 6.48. The fourth-order valence-electron chi connectivity index (χ4n) is 4.27. The Balaban J connectivity index is 1.57. The van der Waals surface area contributed by atoms with Crippen molar-refractivity contribution in [1.29, 1.82) is 0 Å². The molecule has 1 amide bonds. The number of hydrogen-bond donors (Lipinski definition) is 0. The molecular weight excluding hydrogens is 416 g/mol. The van der Waals surface area contributed by atoms with Crippen molar-refractivity contribution in [3.8, 4) is 0 Å². The first-order chi connectivity index (χ1) is 16.1. The van der Waals surface area contributed by atoms with E-state index in [0.29, 0.717) is 12.1 Å². The maximum absolute atomic E-state index is 13.6. The van der Waals surface area contributed by atoms with Gasteiger partial charge in [0.05, 0.1) is 16.2 Å². The number of non-ortho nitro benzene ring substituents is 1. The van der Waals surface area contributed by atoms with Gasteiger partial charge in [-0.3, -0.25) is 19.8 Å². The van der Waals surface area contributed by atoms with Gasteiger partial charge in [0.15, 0.2) is 0 Å². The second kappa shape index (κ2) is 10.3. The number of carbonyl (C=O) groups is 1. The molecule has 0 atom stereocenters. The number of nitro groups is 1. The van der Waals surface area contributed by atoms with Crippen LogP contribution in [-0.2, 0) is 6.54 Å². The zero-order chi connectivity index (χ0) is 23.2. The number of nitrogens with zero attached hydrogens (tertiary/aromatic N) is 4. The van der Waals surface area contributed by atoms with Gasteiger partial charge in [0, 0.05) is 57.1 Å². The maximum atomic E-state index is 13.6. The van der Waals surface area contributed by atoms with Crippen molar-refractivity contribution in [2.24, 2.45) is 0 Å². The molecule has 0 N–H and O–H groups in total. The quantitative estimate of drug-likeness (QED) is 0.394. The van der Waals surface area contributed by atoms with Crippen LogP contribution in [0.1, 0.15) is 22.8 Å². The minimum absolute atomic E-state index is 0.0751. The van der Waals surface area contributed by atoms with Crippen molar-refractivity contribution in [3.05, 3.63) is 100 Å². The molecule has 0 aromatic heterocycles. The molecule has 1 aliphatic rings. The third kappa shape index (κ3) is 5.21. The van der Waals surface area contributed by atoms with Crippen LogP contribution in [0.15, 0.2) is 78.9 Å². The molecule has 1 aliphatic heterocycles. The molecule has 0 unspecified atom stereocenters. The van der Waals surface area contributed by atoms with Crippen LogP contribution in [0.3, 0.4) is 0 Å². The van der Waals surface area contributed by atoms with Gasteiger partial charge in [-0.15, -0.1) is 0 Å². The van der Waals surface area contributed by atoms with Crippen LogP contribution in [0.25, 0.3) is 0 Å². The third-order valence-electron chi connectivity index (χ3n) is 6.01. The average molecular weight is 445 g/mol. The van der Waals surface area contributed by atoms with Gasteiger partial charge in [-0.25, -0.2) is 0 Å². The van der Waals surface area contributed by atoms with Gasteiger partial charge < -0.3 is 9.80 Å². The molecule has 3 aromatic carbocycles. The number of carbonyl (C=O) groups excluding carboxylic acids is 1. The van der Waals surface area contributed by atoms with E-state index in [1.165, 1.54) is 17.7 Å². The molecule has 7 heteroatoms. The monoisotopic (exact) mass is 444 g/mol. The highest BCUT2D eigenvalue weighted by Crippen LogP contribution is 2.29. The van der Waals surface area contributed by atoms with Crippen LogP contribution in [0.5, 0.6) is 0 Å². The minimum Gasteiger partial charge on any atom is -0.368 e. The van der Waals surface area contributed by atoms with E-state index < -0.39 is 4.92 Å². The normalized spacial score (nSPS) is 14.2. The molecule has 0 spiro atoms. The Morgan fingerprint density at radius 3 is 2.18 bits per heavy atom. The second-order valence-corrected chi connectivity index (χ2v) is 8.09. The van der Waals surface area contributed by atoms with E-state index >= 15 is 0 Å². The smallest absolute Gasteiger partial charge is 0.270 e. The van der Waals surface area contributed by atoms with Crippen molar-refractivity contribution in [1.82, 2.24) is 4.90 Å². The number of piperazine rings is 1. The Kier molecular flexibility index (Phi) is 7.00. The fourth-order valence-corrected chi connectivity index (χ4v) is 4.27. The Bertz CT molecular complexity index is 1100. The zero-order valence-corrected chi connectivity index (χ0v) is 18.8. The van der Waals surface area contributed by atoms with Gasteiger partial charge in [-0.2, -0.15) is 0 Å². The molecule has 1 heterocycles. The molecule has 0 radical (unpaired) electrons. The van der Waals surface area contributed by atoms with Crippen molar-refractivity contribution in [3.63, 3.8) is 0 Å². The lowest BCUT2D eigenvalue weighted by molar-refractivity contribution is -0.384. The summed E-state index contributed by atoms with van der Waals surface area (Å²) < 4.78 is 0. The van der Waals surface area contributed by atoms with E-state index in [-0.39, 0.29) is 11.6 Å². The molecule has 1 fully saturated rings. The molecule has 170 valence electrons. The van der Waals surface area contributed by atoms with Gasteiger partial charge in [0.1, 0.15) is 0 Å². The average Bonchev–Trinajstić information content (AvgIpc) is 2.86. The van der Waals surface area contributed by atoms with E-state index in [1.807, 2.05) is 55.5 Å². The van der Waals surface area contributed by atoms with Crippen molar-refractivity contribution in [2.75, 3.05) is 42.5 Å². The summed E-state index contributed by atoms with van der Waals surface area (Å²) in [5, 5.41) is 11.4. The van der Waals surface area contributed by atoms with Gasteiger partial charge in [0.25, 0.3) is 11.6 Å². The SMILES string of the molecule is CCN(C(=O)c1cc([N+](=O)[O-])ccc1N1CCN(Cc2ccccc2)CC1)c1ccccc1. The number of rotatable bonds is 7. The molecule has 4 rings (SSSR count). The first kappa shape index (κ1) is 22.5. The first-order valence-electron chi connectivity index (χ1n) is 11.2. The van der Waals surface area contributed by atoms with Crippen LogP contribution >= 0.6 is 0 Å². The van der Waals surface area contributed by atoms with Gasteiger partial charge >= 0.3 is 0 Å². The summed E-state index contributed by atoms with van der Waals surface area (Å²) in [5.41, 5.74) is 3.09. The van der Waals surface area contributed by atoms with Gasteiger partial charge in [-0.05, 0) is 30.7 Å².